The number of H-pyrrole nitrogens is 1. The van der Waals surface area contributed by atoms with Crippen molar-refractivity contribution in [3.63, 3.8) is 0 Å². The van der Waals surface area contributed by atoms with Crippen molar-refractivity contribution >= 4 is 17.4 Å². The van der Waals surface area contributed by atoms with Crippen molar-refractivity contribution in [3.8, 4) is 0 Å². The summed E-state index contributed by atoms with van der Waals surface area (Å²) in [5, 5.41) is 6.80. The van der Waals surface area contributed by atoms with Crippen LogP contribution in [0, 0.1) is 5.82 Å². The molecule has 0 aliphatic carbocycles. The number of hydrogen-bond donors (Lipinski definition) is 2. The topological polar surface area (TPSA) is 76.7 Å². The van der Waals surface area contributed by atoms with Crippen LogP contribution < -0.4 is 11.4 Å². The minimum Gasteiger partial charge on any atom is -0.396 e. The highest BCUT2D eigenvalue weighted by Crippen LogP contribution is 2.23. The molecule has 0 saturated heterocycles. The second kappa shape index (κ2) is 5.26. The number of benzene rings is 1. The second-order valence-corrected chi connectivity index (χ2v) is 4.61. The minimum atomic E-state index is -0.411. The fourth-order valence-electron chi connectivity index (χ4n) is 1.55. The zero-order valence-corrected chi connectivity index (χ0v) is 10.6. The summed E-state index contributed by atoms with van der Waals surface area (Å²) in [6.45, 7) is 2.37. The quantitative estimate of drug-likeness (QED) is 0.652. The zero-order chi connectivity index (χ0) is 13.1. The Labute approximate surface area is 107 Å². The molecule has 2 rings (SSSR count). The van der Waals surface area contributed by atoms with E-state index < -0.39 is 5.82 Å². The number of nitrogens with zero attached hydrogens (tertiary/aromatic N) is 2. The lowest BCUT2D eigenvalue weighted by Gasteiger charge is -2.05. The molecule has 0 aliphatic heterocycles. The first kappa shape index (κ1) is 12.7. The Morgan fingerprint density at radius 1 is 1.56 bits per heavy atom. The summed E-state index contributed by atoms with van der Waals surface area (Å²) < 4.78 is 15.2. The van der Waals surface area contributed by atoms with Crippen molar-refractivity contribution in [1.29, 1.82) is 0 Å². The van der Waals surface area contributed by atoms with Crippen LogP contribution in [0.2, 0.25) is 0 Å². The highest BCUT2D eigenvalue weighted by molar-refractivity contribution is 7.98. The van der Waals surface area contributed by atoms with Crippen LogP contribution in [0.15, 0.2) is 28.2 Å². The Morgan fingerprint density at radius 3 is 3.06 bits per heavy atom. The van der Waals surface area contributed by atoms with Gasteiger partial charge in [-0.3, -0.25) is 4.57 Å². The van der Waals surface area contributed by atoms with Crippen molar-refractivity contribution in [2.45, 2.75) is 24.4 Å². The maximum atomic E-state index is 13.7. The maximum absolute atomic E-state index is 13.7. The Balaban J connectivity index is 2.16. The largest absolute Gasteiger partial charge is 0.396 e. The van der Waals surface area contributed by atoms with Gasteiger partial charge in [-0.05, 0) is 13.0 Å². The molecule has 7 heteroatoms. The summed E-state index contributed by atoms with van der Waals surface area (Å²) in [5.74, 6) is -0.0350. The van der Waals surface area contributed by atoms with Gasteiger partial charge >= 0.3 is 5.69 Å². The molecule has 0 saturated carbocycles. The molecule has 0 radical (unpaired) electrons. The van der Waals surface area contributed by atoms with Crippen molar-refractivity contribution in [1.82, 2.24) is 14.8 Å². The predicted octanol–water partition coefficient (Wildman–Crippen LogP) is 1.60. The Hall–Kier alpha value is -1.76. The molecule has 2 aromatic rings. The van der Waals surface area contributed by atoms with E-state index in [0.717, 1.165) is 0 Å². The highest BCUT2D eigenvalue weighted by atomic mass is 32.2. The van der Waals surface area contributed by atoms with Crippen molar-refractivity contribution in [2.24, 2.45) is 0 Å². The van der Waals surface area contributed by atoms with Crippen LogP contribution in [0.25, 0.3) is 0 Å². The van der Waals surface area contributed by atoms with Crippen LogP contribution in [-0.4, -0.2) is 14.8 Å². The number of nitrogens with one attached hydrogen (secondary N) is 1. The highest BCUT2D eigenvalue weighted by Gasteiger charge is 2.10. The number of aromatic nitrogens is 3. The lowest BCUT2D eigenvalue weighted by Crippen LogP contribution is -2.16. The van der Waals surface area contributed by atoms with E-state index in [4.69, 9.17) is 5.73 Å². The molecule has 0 spiro atoms. The molecule has 96 valence electrons. The molecule has 0 fully saturated rings. The third-order valence-electron chi connectivity index (χ3n) is 2.50. The third-order valence-corrected chi connectivity index (χ3v) is 3.53. The van der Waals surface area contributed by atoms with E-state index in [1.807, 2.05) is 6.92 Å². The molecule has 0 amide bonds. The van der Waals surface area contributed by atoms with Gasteiger partial charge in [0.05, 0.1) is 5.69 Å². The molecule has 0 atom stereocenters. The predicted molar refractivity (Wildman–Crippen MR) is 68.9 cm³/mol. The van der Waals surface area contributed by atoms with Crippen LogP contribution in [-0.2, 0) is 12.3 Å². The first-order chi connectivity index (χ1) is 8.63. The van der Waals surface area contributed by atoms with E-state index in [0.29, 0.717) is 23.0 Å². The van der Waals surface area contributed by atoms with Gasteiger partial charge in [0, 0.05) is 17.9 Å². The average molecular weight is 268 g/mol. The molecular formula is C11H13FN4OS. The maximum Gasteiger partial charge on any atom is 0.343 e. The van der Waals surface area contributed by atoms with E-state index in [-0.39, 0.29) is 11.4 Å². The summed E-state index contributed by atoms with van der Waals surface area (Å²) in [4.78, 5) is 11.3. The molecule has 3 N–H and O–H groups in total. The number of nitrogens with two attached hydrogens (primary N) is 1. The second-order valence-electron chi connectivity index (χ2n) is 3.66. The molecule has 0 unspecified atom stereocenters. The number of anilines is 1. The van der Waals surface area contributed by atoms with E-state index in [1.54, 1.807) is 12.1 Å². The SMILES string of the molecule is CCn1c(SCc2cccc(N)c2F)n[nH]c1=O. The number of hydrogen-bond acceptors (Lipinski definition) is 4. The van der Waals surface area contributed by atoms with Crippen LogP contribution in [0.3, 0.4) is 0 Å². The third kappa shape index (κ3) is 2.40. The Kier molecular flexibility index (Phi) is 3.71. The number of halogens is 1. The van der Waals surface area contributed by atoms with Gasteiger partial charge in [-0.25, -0.2) is 14.3 Å². The number of thioether (sulfide) groups is 1. The van der Waals surface area contributed by atoms with E-state index in [9.17, 15) is 9.18 Å². The normalized spacial score (nSPS) is 10.8. The van der Waals surface area contributed by atoms with Crippen LogP contribution in [0.4, 0.5) is 10.1 Å². The van der Waals surface area contributed by atoms with E-state index in [1.165, 1.54) is 22.4 Å². The van der Waals surface area contributed by atoms with E-state index >= 15 is 0 Å². The van der Waals surface area contributed by atoms with Crippen LogP contribution in [0.1, 0.15) is 12.5 Å². The number of aromatic amines is 1. The summed E-state index contributed by atoms with van der Waals surface area (Å²) in [6, 6.07) is 4.88. The van der Waals surface area contributed by atoms with Gasteiger partial charge in [0.1, 0.15) is 5.82 Å². The monoisotopic (exact) mass is 268 g/mol. The lowest BCUT2D eigenvalue weighted by atomic mass is 10.2. The van der Waals surface area contributed by atoms with Gasteiger partial charge in [-0.2, -0.15) is 0 Å². The first-order valence-corrected chi connectivity index (χ1v) is 6.43. The summed E-state index contributed by atoms with van der Waals surface area (Å²) >= 11 is 1.29. The van der Waals surface area contributed by atoms with Crippen molar-refractivity contribution in [2.75, 3.05) is 5.73 Å². The van der Waals surface area contributed by atoms with Crippen LogP contribution >= 0.6 is 11.8 Å². The molecular weight excluding hydrogens is 255 g/mol. The van der Waals surface area contributed by atoms with Gasteiger partial charge in [0.15, 0.2) is 5.16 Å². The van der Waals surface area contributed by atoms with Gasteiger partial charge in [0.25, 0.3) is 0 Å². The molecule has 1 aromatic carbocycles. The molecule has 0 bridgehead atoms. The Morgan fingerprint density at radius 2 is 2.33 bits per heavy atom. The molecule has 1 aromatic heterocycles. The fourth-order valence-corrected chi connectivity index (χ4v) is 2.53. The molecule has 1 heterocycles. The van der Waals surface area contributed by atoms with Gasteiger partial charge in [0.2, 0.25) is 0 Å². The van der Waals surface area contributed by atoms with Gasteiger partial charge < -0.3 is 5.73 Å². The smallest absolute Gasteiger partial charge is 0.343 e. The summed E-state index contributed by atoms with van der Waals surface area (Å²) in [6.07, 6.45) is 0. The summed E-state index contributed by atoms with van der Waals surface area (Å²) in [7, 11) is 0. The van der Waals surface area contributed by atoms with Gasteiger partial charge in [-0.1, -0.05) is 23.9 Å². The summed E-state index contributed by atoms with van der Waals surface area (Å²) in [5.41, 5.74) is 5.86. The fraction of sp³-hybridized carbons (Fsp3) is 0.273. The molecule has 5 nitrogen and oxygen atoms in total. The van der Waals surface area contributed by atoms with E-state index in [2.05, 4.69) is 10.2 Å². The lowest BCUT2D eigenvalue weighted by molar-refractivity contribution is 0.621. The first-order valence-electron chi connectivity index (χ1n) is 5.44. The number of nitrogen functional groups attached to an aromatic ring is 1. The van der Waals surface area contributed by atoms with Crippen molar-refractivity contribution in [3.05, 3.63) is 40.1 Å². The number of rotatable bonds is 4. The average Bonchev–Trinajstić information content (AvgIpc) is 2.72. The standard InChI is InChI=1S/C11H13FN4OS/c1-2-16-10(17)14-15-11(16)18-6-7-4-3-5-8(13)9(7)12/h3-5H,2,6,13H2,1H3,(H,14,17). The van der Waals surface area contributed by atoms with Gasteiger partial charge in [-0.15, -0.1) is 5.10 Å². The minimum absolute atomic E-state index is 0.128. The molecule has 0 aliphatic rings. The van der Waals surface area contributed by atoms with Crippen molar-refractivity contribution < 1.29 is 4.39 Å². The molecule has 18 heavy (non-hydrogen) atoms. The zero-order valence-electron chi connectivity index (χ0n) is 9.81. The van der Waals surface area contributed by atoms with Crippen LogP contribution in [0.5, 0.6) is 0 Å². The Bertz CT molecular complexity index is 607.